The molecule has 0 aliphatic carbocycles. The van der Waals surface area contributed by atoms with Gasteiger partial charge in [0.2, 0.25) is 0 Å². The average Bonchev–Trinajstić information content (AvgIpc) is 2.97. The molecule has 4 heteroatoms. The molecule has 0 aliphatic heterocycles. The fourth-order valence-corrected chi connectivity index (χ4v) is 2.28. The summed E-state index contributed by atoms with van der Waals surface area (Å²) in [5, 5.41) is 8.18. The number of methoxy groups -OCH3 is 1. The summed E-state index contributed by atoms with van der Waals surface area (Å²) in [6.45, 7) is 3.86. The number of para-hydroxylation sites is 1. The highest BCUT2D eigenvalue weighted by Gasteiger charge is 2.13. The van der Waals surface area contributed by atoms with E-state index < -0.39 is 0 Å². The highest BCUT2D eigenvalue weighted by molar-refractivity contribution is 5.30. The molecule has 0 fully saturated rings. The highest BCUT2D eigenvalue weighted by atomic mass is 16.5. The Morgan fingerprint density at radius 2 is 2.05 bits per heavy atom. The summed E-state index contributed by atoms with van der Waals surface area (Å²) in [5.74, 6) is 0. The van der Waals surface area contributed by atoms with E-state index in [1.165, 1.54) is 0 Å². The predicted octanol–water partition coefficient (Wildman–Crippen LogP) is 2.95. The fourth-order valence-electron chi connectivity index (χ4n) is 2.28. The van der Waals surface area contributed by atoms with Gasteiger partial charge in [0.15, 0.2) is 0 Å². The van der Waals surface area contributed by atoms with Gasteiger partial charge in [0, 0.05) is 19.9 Å². The predicted molar refractivity (Wildman–Crippen MR) is 81.1 cm³/mol. The van der Waals surface area contributed by atoms with E-state index in [1.54, 1.807) is 7.11 Å². The van der Waals surface area contributed by atoms with Gasteiger partial charge in [-0.05, 0) is 37.6 Å². The molecule has 0 saturated heterocycles. The normalized spacial score (nSPS) is 12.5. The van der Waals surface area contributed by atoms with Crippen LogP contribution in [0, 0.1) is 0 Å². The van der Waals surface area contributed by atoms with Gasteiger partial charge in [0.25, 0.3) is 0 Å². The van der Waals surface area contributed by atoms with E-state index in [2.05, 4.69) is 30.4 Å². The van der Waals surface area contributed by atoms with Crippen molar-refractivity contribution >= 4 is 0 Å². The van der Waals surface area contributed by atoms with E-state index in [1.807, 2.05) is 29.1 Å². The Balaban J connectivity index is 2.08. The first-order valence-electron chi connectivity index (χ1n) is 7.18. The molecule has 0 amide bonds. The van der Waals surface area contributed by atoms with Crippen LogP contribution < -0.4 is 5.32 Å². The van der Waals surface area contributed by atoms with Crippen LogP contribution in [0.15, 0.2) is 42.6 Å². The minimum absolute atomic E-state index is 0.292. The number of hydrogen-bond acceptors (Lipinski definition) is 3. The van der Waals surface area contributed by atoms with E-state index in [0.29, 0.717) is 6.04 Å². The van der Waals surface area contributed by atoms with Crippen LogP contribution in [-0.2, 0) is 4.74 Å². The lowest BCUT2D eigenvalue weighted by Crippen LogP contribution is -2.22. The summed E-state index contributed by atoms with van der Waals surface area (Å²) >= 11 is 0. The van der Waals surface area contributed by atoms with Crippen LogP contribution >= 0.6 is 0 Å². The maximum absolute atomic E-state index is 5.13. The molecular weight excluding hydrogens is 250 g/mol. The molecular formula is C16H23N3O. The van der Waals surface area contributed by atoms with Gasteiger partial charge in [0.1, 0.15) is 0 Å². The van der Waals surface area contributed by atoms with Gasteiger partial charge in [0.05, 0.1) is 17.4 Å². The topological polar surface area (TPSA) is 39.1 Å². The van der Waals surface area contributed by atoms with Crippen LogP contribution in [0.1, 0.15) is 31.5 Å². The van der Waals surface area contributed by atoms with Crippen LogP contribution in [0.3, 0.4) is 0 Å². The molecule has 0 spiro atoms. The van der Waals surface area contributed by atoms with Crippen LogP contribution in [-0.4, -0.2) is 30.0 Å². The third kappa shape index (κ3) is 3.92. The Labute approximate surface area is 120 Å². The second-order valence-electron chi connectivity index (χ2n) is 4.77. The molecule has 1 aromatic carbocycles. The molecule has 0 saturated carbocycles. The van der Waals surface area contributed by atoms with E-state index in [9.17, 15) is 0 Å². The van der Waals surface area contributed by atoms with Gasteiger partial charge >= 0.3 is 0 Å². The fraction of sp³-hybridized carbons (Fsp3) is 0.438. The second kappa shape index (κ2) is 7.82. The molecule has 2 rings (SSSR count). The number of rotatable bonds is 8. The SMILES string of the molecule is CCNC(CCCOC)c1ccn(-c2ccccc2)n1. The third-order valence-electron chi connectivity index (χ3n) is 3.28. The maximum Gasteiger partial charge on any atom is 0.0798 e. The number of aromatic nitrogens is 2. The average molecular weight is 273 g/mol. The molecule has 1 unspecified atom stereocenters. The van der Waals surface area contributed by atoms with Crippen molar-refractivity contribution in [3.63, 3.8) is 0 Å². The monoisotopic (exact) mass is 273 g/mol. The number of nitrogens with zero attached hydrogens (tertiary/aromatic N) is 2. The Hall–Kier alpha value is -1.65. The standard InChI is InChI=1S/C16H23N3O/c1-3-17-15(10-7-13-20-2)16-11-12-19(18-16)14-8-5-4-6-9-14/h4-6,8-9,11-12,15,17H,3,7,10,13H2,1-2H3. The van der Waals surface area contributed by atoms with E-state index in [-0.39, 0.29) is 0 Å². The highest BCUT2D eigenvalue weighted by Crippen LogP contribution is 2.18. The van der Waals surface area contributed by atoms with Crippen LogP contribution in [0.5, 0.6) is 0 Å². The van der Waals surface area contributed by atoms with Crippen molar-refractivity contribution in [2.75, 3.05) is 20.3 Å². The zero-order chi connectivity index (χ0) is 14.2. The van der Waals surface area contributed by atoms with Crippen molar-refractivity contribution in [1.82, 2.24) is 15.1 Å². The van der Waals surface area contributed by atoms with Gasteiger partial charge in [-0.15, -0.1) is 0 Å². The van der Waals surface area contributed by atoms with E-state index in [4.69, 9.17) is 9.84 Å². The van der Waals surface area contributed by atoms with Crippen molar-refractivity contribution in [2.45, 2.75) is 25.8 Å². The molecule has 0 aliphatic rings. The van der Waals surface area contributed by atoms with Crippen molar-refractivity contribution in [1.29, 1.82) is 0 Å². The van der Waals surface area contributed by atoms with Gasteiger partial charge in [-0.3, -0.25) is 0 Å². The smallest absolute Gasteiger partial charge is 0.0798 e. The minimum atomic E-state index is 0.292. The summed E-state index contributed by atoms with van der Waals surface area (Å²) in [6.07, 6.45) is 4.09. The van der Waals surface area contributed by atoms with Crippen molar-refractivity contribution in [3.05, 3.63) is 48.3 Å². The zero-order valence-corrected chi connectivity index (χ0v) is 12.2. The Kier molecular flexibility index (Phi) is 5.77. The van der Waals surface area contributed by atoms with Gasteiger partial charge in [-0.1, -0.05) is 25.1 Å². The van der Waals surface area contributed by atoms with Crippen LogP contribution in [0.2, 0.25) is 0 Å². The van der Waals surface area contributed by atoms with E-state index >= 15 is 0 Å². The minimum Gasteiger partial charge on any atom is -0.385 e. The van der Waals surface area contributed by atoms with Crippen molar-refractivity contribution in [3.8, 4) is 5.69 Å². The molecule has 0 radical (unpaired) electrons. The molecule has 1 atom stereocenters. The quantitative estimate of drug-likeness (QED) is 0.752. The molecule has 0 bridgehead atoms. The summed E-state index contributed by atoms with van der Waals surface area (Å²) in [7, 11) is 1.74. The number of hydrogen-bond donors (Lipinski definition) is 1. The summed E-state index contributed by atoms with van der Waals surface area (Å²) in [4.78, 5) is 0. The summed E-state index contributed by atoms with van der Waals surface area (Å²) < 4.78 is 7.05. The Bertz CT molecular complexity index is 495. The first-order valence-corrected chi connectivity index (χ1v) is 7.18. The zero-order valence-electron chi connectivity index (χ0n) is 12.2. The summed E-state index contributed by atoms with van der Waals surface area (Å²) in [5.41, 5.74) is 2.18. The molecule has 2 aromatic rings. The lowest BCUT2D eigenvalue weighted by molar-refractivity contribution is 0.188. The van der Waals surface area contributed by atoms with Gasteiger partial charge in [-0.25, -0.2) is 4.68 Å². The lowest BCUT2D eigenvalue weighted by Gasteiger charge is -2.15. The molecule has 4 nitrogen and oxygen atoms in total. The molecule has 20 heavy (non-hydrogen) atoms. The molecule has 1 N–H and O–H groups in total. The molecule has 108 valence electrons. The second-order valence-corrected chi connectivity index (χ2v) is 4.77. The largest absolute Gasteiger partial charge is 0.385 e. The maximum atomic E-state index is 5.13. The Morgan fingerprint density at radius 3 is 2.75 bits per heavy atom. The number of benzene rings is 1. The van der Waals surface area contributed by atoms with E-state index in [0.717, 1.165) is 37.4 Å². The van der Waals surface area contributed by atoms with Gasteiger partial charge < -0.3 is 10.1 Å². The van der Waals surface area contributed by atoms with Crippen molar-refractivity contribution in [2.24, 2.45) is 0 Å². The summed E-state index contributed by atoms with van der Waals surface area (Å²) in [6, 6.07) is 12.6. The lowest BCUT2D eigenvalue weighted by atomic mass is 10.1. The van der Waals surface area contributed by atoms with Crippen LogP contribution in [0.25, 0.3) is 5.69 Å². The van der Waals surface area contributed by atoms with Crippen LogP contribution in [0.4, 0.5) is 0 Å². The van der Waals surface area contributed by atoms with Gasteiger partial charge in [-0.2, -0.15) is 5.10 Å². The van der Waals surface area contributed by atoms with Crippen molar-refractivity contribution < 1.29 is 4.74 Å². The number of ether oxygens (including phenoxy) is 1. The number of nitrogens with one attached hydrogen (secondary N) is 1. The molecule has 1 aromatic heterocycles. The first-order chi connectivity index (χ1) is 9.85. The Morgan fingerprint density at radius 1 is 1.25 bits per heavy atom. The first kappa shape index (κ1) is 14.8. The molecule has 1 heterocycles. The third-order valence-corrected chi connectivity index (χ3v) is 3.28.